The van der Waals surface area contributed by atoms with Crippen molar-refractivity contribution in [3.05, 3.63) is 41.6 Å². The molecule has 0 saturated carbocycles. The van der Waals surface area contributed by atoms with Gasteiger partial charge in [0.05, 0.1) is 0 Å². The molecule has 100 valence electrons. The van der Waals surface area contributed by atoms with E-state index in [0.717, 1.165) is 11.1 Å². The first-order chi connectivity index (χ1) is 9.22. The van der Waals surface area contributed by atoms with E-state index in [1.54, 1.807) is 6.20 Å². The topological polar surface area (TPSA) is 93.3 Å². The largest absolute Gasteiger partial charge is 0.439 e. The number of aliphatic hydroxyl groups is 1. The van der Waals surface area contributed by atoms with E-state index in [1.165, 1.54) is 0 Å². The number of rotatable bonds is 5. The average molecular weight is 260 g/mol. The monoisotopic (exact) mass is 260 g/mol. The van der Waals surface area contributed by atoms with Gasteiger partial charge in [0.25, 0.3) is 0 Å². The molecule has 0 fully saturated rings. The van der Waals surface area contributed by atoms with Crippen molar-refractivity contribution in [2.24, 2.45) is 5.84 Å². The van der Waals surface area contributed by atoms with Crippen molar-refractivity contribution in [2.45, 2.75) is 13.3 Å². The van der Waals surface area contributed by atoms with Crippen LogP contribution in [0.3, 0.4) is 0 Å². The Morgan fingerprint density at radius 3 is 2.68 bits per heavy atom. The summed E-state index contributed by atoms with van der Waals surface area (Å²) in [5, 5.41) is 8.85. The number of nitrogen functional groups attached to an aromatic ring is 1. The average Bonchev–Trinajstić information content (AvgIpc) is 2.44. The number of aryl methyl sites for hydroxylation is 1. The zero-order valence-electron chi connectivity index (χ0n) is 10.6. The van der Waals surface area contributed by atoms with E-state index in [9.17, 15) is 0 Å². The molecule has 0 aliphatic carbocycles. The number of hydrogen-bond donors (Lipinski definition) is 3. The van der Waals surface area contributed by atoms with Gasteiger partial charge >= 0.3 is 0 Å². The van der Waals surface area contributed by atoms with E-state index in [2.05, 4.69) is 15.4 Å². The van der Waals surface area contributed by atoms with Crippen LogP contribution in [-0.4, -0.2) is 21.7 Å². The molecule has 0 saturated heterocycles. The van der Waals surface area contributed by atoms with Gasteiger partial charge in [-0.2, -0.15) is 4.98 Å². The summed E-state index contributed by atoms with van der Waals surface area (Å²) in [6, 6.07) is 7.48. The highest BCUT2D eigenvalue weighted by atomic mass is 16.5. The van der Waals surface area contributed by atoms with Crippen LogP contribution in [0.1, 0.15) is 11.1 Å². The molecule has 1 heterocycles. The first kappa shape index (κ1) is 13.3. The smallest absolute Gasteiger partial charge is 0.240 e. The van der Waals surface area contributed by atoms with Gasteiger partial charge in [-0.05, 0) is 31.0 Å². The first-order valence-corrected chi connectivity index (χ1v) is 5.91. The summed E-state index contributed by atoms with van der Waals surface area (Å²) in [6.07, 6.45) is 2.27. The molecule has 0 bridgehead atoms. The van der Waals surface area contributed by atoms with Crippen LogP contribution in [0, 0.1) is 6.92 Å². The van der Waals surface area contributed by atoms with Gasteiger partial charge in [-0.3, -0.25) is 5.43 Å². The Kier molecular flexibility index (Phi) is 4.27. The molecule has 0 amide bonds. The molecule has 1 aromatic heterocycles. The van der Waals surface area contributed by atoms with Crippen molar-refractivity contribution >= 4 is 5.95 Å². The van der Waals surface area contributed by atoms with Crippen molar-refractivity contribution in [1.82, 2.24) is 9.97 Å². The second kappa shape index (κ2) is 6.12. The number of nitrogens with one attached hydrogen (secondary N) is 1. The van der Waals surface area contributed by atoms with Crippen LogP contribution in [0.25, 0.3) is 0 Å². The molecule has 19 heavy (non-hydrogen) atoms. The summed E-state index contributed by atoms with van der Waals surface area (Å²) < 4.78 is 5.68. The number of benzene rings is 1. The zero-order valence-corrected chi connectivity index (χ0v) is 10.6. The quantitative estimate of drug-likeness (QED) is 0.556. The number of hydrogen-bond acceptors (Lipinski definition) is 6. The Labute approximate surface area is 111 Å². The van der Waals surface area contributed by atoms with Gasteiger partial charge in [0.2, 0.25) is 11.8 Å². The van der Waals surface area contributed by atoms with Crippen molar-refractivity contribution in [3.8, 4) is 11.6 Å². The highest BCUT2D eigenvalue weighted by Gasteiger charge is 2.05. The van der Waals surface area contributed by atoms with Gasteiger partial charge in [-0.25, -0.2) is 10.8 Å². The molecule has 0 spiro atoms. The van der Waals surface area contributed by atoms with Crippen molar-refractivity contribution < 1.29 is 9.84 Å². The minimum Gasteiger partial charge on any atom is -0.439 e. The number of anilines is 1. The maximum Gasteiger partial charge on any atom is 0.240 e. The predicted molar refractivity (Wildman–Crippen MR) is 71.9 cm³/mol. The van der Waals surface area contributed by atoms with Gasteiger partial charge in [0.1, 0.15) is 5.75 Å². The van der Waals surface area contributed by atoms with Crippen LogP contribution in [-0.2, 0) is 6.42 Å². The number of hydrazine groups is 1. The fourth-order valence-corrected chi connectivity index (χ4v) is 1.56. The second-order valence-electron chi connectivity index (χ2n) is 4.05. The fourth-order valence-electron chi connectivity index (χ4n) is 1.56. The van der Waals surface area contributed by atoms with Crippen molar-refractivity contribution in [2.75, 3.05) is 12.0 Å². The Morgan fingerprint density at radius 2 is 2.05 bits per heavy atom. The molecule has 0 aliphatic heterocycles. The summed E-state index contributed by atoms with van der Waals surface area (Å²) >= 11 is 0. The van der Waals surface area contributed by atoms with E-state index in [-0.39, 0.29) is 6.61 Å². The summed E-state index contributed by atoms with van der Waals surface area (Å²) in [4.78, 5) is 8.12. The predicted octanol–water partition coefficient (Wildman–Crippen LogP) is 1.40. The lowest BCUT2D eigenvalue weighted by Gasteiger charge is -2.09. The van der Waals surface area contributed by atoms with E-state index >= 15 is 0 Å². The van der Waals surface area contributed by atoms with Gasteiger partial charge in [0, 0.05) is 18.4 Å². The van der Waals surface area contributed by atoms with Gasteiger partial charge < -0.3 is 9.84 Å². The van der Waals surface area contributed by atoms with Crippen LogP contribution in [0.4, 0.5) is 5.95 Å². The number of aromatic nitrogens is 2. The SMILES string of the molecule is Cc1cnc(NN)nc1Oc1ccc(CCO)cc1. The van der Waals surface area contributed by atoms with Crippen LogP contribution in [0.15, 0.2) is 30.5 Å². The van der Waals surface area contributed by atoms with Crippen molar-refractivity contribution in [3.63, 3.8) is 0 Å². The lowest BCUT2D eigenvalue weighted by molar-refractivity contribution is 0.299. The van der Waals surface area contributed by atoms with E-state index in [4.69, 9.17) is 15.7 Å². The third-order valence-electron chi connectivity index (χ3n) is 2.59. The first-order valence-electron chi connectivity index (χ1n) is 5.91. The summed E-state index contributed by atoms with van der Waals surface area (Å²) in [5.41, 5.74) is 4.25. The normalized spacial score (nSPS) is 10.3. The van der Waals surface area contributed by atoms with Crippen LogP contribution < -0.4 is 16.0 Å². The van der Waals surface area contributed by atoms with Gasteiger partial charge in [-0.15, -0.1) is 0 Å². The molecule has 1 aromatic carbocycles. The highest BCUT2D eigenvalue weighted by Crippen LogP contribution is 2.23. The molecule has 6 nitrogen and oxygen atoms in total. The summed E-state index contributed by atoms with van der Waals surface area (Å²) in [6.45, 7) is 1.99. The molecular formula is C13H16N4O2. The van der Waals surface area contributed by atoms with E-state index < -0.39 is 0 Å². The number of ether oxygens (including phenoxy) is 1. The summed E-state index contributed by atoms with van der Waals surface area (Å²) in [7, 11) is 0. The third-order valence-corrected chi connectivity index (χ3v) is 2.59. The van der Waals surface area contributed by atoms with E-state index in [0.29, 0.717) is 24.0 Å². The summed E-state index contributed by atoms with van der Waals surface area (Å²) in [5.74, 6) is 6.69. The Hall–Kier alpha value is -2.18. The second-order valence-corrected chi connectivity index (χ2v) is 4.05. The Morgan fingerprint density at radius 1 is 1.32 bits per heavy atom. The lowest BCUT2D eigenvalue weighted by atomic mass is 10.1. The minimum absolute atomic E-state index is 0.136. The lowest BCUT2D eigenvalue weighted by Crippen LogP contribution is -2.11. The molecule has 4 N–H and O–H groups in total. The molecule has 2 rings (SSSR count). The molecule has 6 heteroatoms. The maximum atomic E-state index is 8.85. The van der Waals surface area contributed by atoms with Crippen LogP contribution >= 0.6 is 0 Å². The molecular weight excluding hydrogens is 244 g/mol. The van der Waals surface area contributed by atoms with Gasteiger partial charge in [-0.1, -0.05) is 12.1 Å². The number of nitrogens with zero attached hydrogens (tertiary/aromatic N) is 2. The third kappa shape index (κ3) is 3.40. The van der Waals surface area contributed by atoms with Crippen molar-refractivity contribution in [1.29, 1.82) is 0 Å². The number of aliphatic hydroxyl groups excluding tert-OH is 1. The maximum absolute atomic E-state index is 8.85. The zero-order chi connectivity index (χ0) is 13.7. The molecule has 2 aromatic rings. The van der Waals surface area contributed by atoms with E-state index in [1.807, 2.05) is 31.2 Å². The Balaban J connectivity index is 2.16. The standard InChI is InChI=1S/C13H16N4O2/c1-9-8-15-13(17-14)16-12(9)19-11-4-2-10(3-5-11)6-7-18/h2-5,8,18H,6-7,14H2,1H3,(H,15,16,17). The Bertz CT molecular complexity index is 543. The number of nitrogens with two attached hydrogens (primary N) is 1. The molecule has 0 radical (unpaired) electrons. The molecule has 0 aliphatic rings. The van der Waals surface area contributed by atoms with Crippen LogP contribution in [0.2, 0.25) is 0 Å². The molecule has 0 atom stereocenters. The highest BCUT2D eigenvalue weighted by molar-refractivity contribution is 5.36. The fraction of sp³-hybridized carbons (Fsp3) is 0.231. The minimum atomic E-state index is 0.136. The van der Waals surface area contributed by atoms with Crippen LogP contribution in [0.5, 0.6) is 11.6 Å². The van der Waals surface area contributed by atoms with Gasteiger partial charge in [0.15, 0.2) is 0 Å². The molecule has 0 unspecified atom stereocenters.